The summed E-state index contributed by atoms with van der Waals surface area (Å²) in [5.41, 5.74) is 2.27. The Morgan fingerprint density at radius 1 is 1.06 bits per heavy atom. The number of carbonyl (C=O) groups is 1. The van der Waals surface area contributed by atoms with E-state index in [2.05, 4.69) is 11.4 Å². The second-order valence-corrected chi connectivity index (χ2v) is 8.86. The van der Waals surface area contributed by atoms with Crippen LogP contribution in [0.2, 0.25) is 0 Å². The molecule has 4 rings (SSSR count). The van der Waals surface area contributed by atoms with Crippen molar-refractivity contribution in [3.8, 4) is 11.5 Å². The number of carbonyl (C=O) groups excluding carboxylic acids is 1. The monoisotopic (exact) mass is 424 g/mol. The van der Waals surface area contributed by atoms with Crippen LogP contribution in [0.5, 0.6) is 11.5 Å². The van der Waals surface area contributed by atoms with Gasteiger partial charge in [0.05, 0.1) is 20.8 Å². The highest BCUT2D eigenvalue weighted by atomic mass is 16.5. The minimum Gasteiger partial charge on any atom is -0.497 e. The van der Waals surface area contributed by atoms with Crippen molar-refractivity contribution in [1.29, 1.82) is 0 Å². The molecule has 2 aliphatic heterocycles. The highest BCUT2D eigenvalue weighted by molar-refractivity contribution is 5.88. The largest absolute Gasteiger partial charge is 0.497 e. The fourth-order valence-corrected chi connectivity index (χ4v) is 4.85. The summed E-state index contributed by atoms with van der Waals surface area (Å²) in [5.74, 6) is 1.77. The third-order valence-electron chi connectivity index (χ3n) is 6.48. The Hall–Kier alpha value is -2.73. The maximum absolute atomic E-state index is 13.4. The fraction of sp³-hybridized carbons (Fsp3) is 0.480. The number of nitrogens with one attached hydrogen (secondary N) is 1. The van der Waals surface area contributed by atoms with E-state index >= 15 is 0 Å². The number of hydrogen-bond donors (Lipinski definition) is 1. The summed E-state index contributed by atoms with van der Waals surface area (Å²) in [6, 6.07) is 13.9. The lowest BCUT2D eigenvalue weighted by molar-refractivity contribution is -0.144. The van der Waals surface area contributed by atoms with E-state index in [0.717, 1.165) is 36.4 Å². The number of anilines is 1. The first-order valence-electron chi connectivity index (χ1n) is 10.9. The average Bonchev–Trinajstić information content (AvgIpc) is 2.79. The number of methoxy groups -OCH3 is 2. The van der Waals surface area contributed by atoms with E-state index in [1.54, 1.807) is 14.2 Å². The molecule has 6 heteroatoms. The number of likely N-dealkylation sites (tertiary alicyclic amines) is 1. The Balaban J connectivity index is 1.47. The third kappa shape index (κ3) is 4.09. The van der Waals surface area contributed by atoms with E-state index in [4.69, 9.17) is 14.2 Å². The number of rotatable bonds is 5. The molecular formula is C25H32N2O4. The standard InChI is InChI=1S/C25H32N2O4/c1-24(2,26-19-8-10-20(29-3)11-9-19)23(28)27-15-13-25(14-16-27)22-18(12-17-31-25)6-5-7-21(22)30-4/h5-11,26H,12-17H2,1-4H3. The van der Waals surface area contributed by atoms with Crippen LogP contribution in [0.25, 0.3) is 0 Å². The molecule has 1 N–H and O–H groups in total. The molecule has 0 unspecified atom stereocenters. The number of ether oxygens (including phenoxy) is 3. The SMILES string of the molecule is COc1ccc(NC(C)(C)C(=O)N2CCC3(CC2)OCCc2cccc(OC)c23)cc1. The van der Waals surface area contributed by atoms with Crippen LogP contribution in [0.3, 0.4) is 0 Å². The van der Waals surface area contributed by atoms with E-state index in [0.29, 0.717) is 19.7 Å². The summed E-state index contributed by atoms with van der Waals surface area (Å²) < 4.78 is 17.2. The van der Waals surface area contributed by atoms with Crippen molar-refractivity contribution in [3.63, 3.8) is 0 Å². The van der Waals surface area contributed by atoms with Crippen molar-refractivity contribution in [2.45, 2.75) is 44.2 Å². The summed E-state index contributed by atoms with van der Waals surface area (Å²) in [6.45, 7) is 5.88. The summed E-state index contributed by atoms with van der Waals surface area (Å²) in [4.78, 5) is 15.3. The molecular weight excluding hydrogens is 392 g/mol. The molecule has 2 aromatic carbocycles. The molecule has 1 spiro atoms. The van der Waals surface area contributed by atoms with Crippen molar-refractivity contribution in [2.75, 3.05) is 39.2 Å². The highest BCUT2D eigenvalue weighted by Gasteiger charge is 2.45. The Labute approximate surface area is 184 Å². The van der Waals surface area contributed by atoms with Crippen LogP contribution in [-0.2, 0) is 21.6 Å². The summed E-state index contributed by atoms with van der Waals surface area (Å²) in [7, 11) is 3.35. The zero-order valence-electron chi connectivity index (χ0n) is 18.9. The van der Waals surface area contributed by atoms with Gasteiger partial charge in [0.25, 0.3) is 0 Å². The van der Waals surface area contributed by atoms with Gasteiger partial charge in [-0.1, -0.05) is 12.1 Å². The van der Waals surface area contributed by atoms with Crippen molar-refractivity contribution < 1.29 is 19.0 Å². The Kier molecular flexibility index (Phi) is 5.84. The van der Waals surface area contributed by atoms with Crippen LogP contribution in [0.4, 0.5) is 5.69 Å². The van der Waals surface area contributed by atoms with E-state index < -0.39 is 5.54 Å². The molecule has 0 bridgehead atoms. The quantitative estimate of drug-likeness (QED) is 0.787. The predicted molar refractivity (Wildman–Crippen MR) is 121 cm³/mol. The van der Waals surface area contributed by atoms with Crippen LogP contribution in [0.1, 0.15) is 37.8 Å². The number of hydrogen-bond acceptors (Lipinski definition) is 5. The van der Waals surface area contributed by atoms with Gasteiger partial charge in [-0.15, -0.1) is 0 Å². The van der Waals surface area contributed by atoms with Gasteiger partial charge in [0.1, 0.15) is 22.6 Å². The molecule has 0 aliphatic carbocycles. The predicted octanol–water partition coefficient (Wildman–Crippen LogP) is 3.98. The smallest absolute Gasteiger partial charge is 0.247 e. The minimum atomic E-state index is -0.720. The maximum Gasteiger partial charge on any atom is 0.247 e. The molecule has 6 nitrogen and oxygen atoms in total. The van der Waals surface area contributed by atoms with E-state index in [1.165, 1.54) is 11.1 Å². The number of benzene rings is 2. The first-order valence-corrected chi connectivity index (χ1v) is 10.9. The van der Waals surface area contributed by atoms with E-state index in [9.17, 15) is 4.79 Å². The molecule has 2 aromatic rings. The van der Waals surface area contributed by atoms with Gasteiger partial charge >= 0.3 is 0 Å². The van der Waals surface area contributed by atoms with Crippen LogP contribution in [0.15, 0.2) is 42.5 Å². The molecule has 0 saturated carbocycles. The van der Waals surface area contributed by atoms with Crippen LogP contribution >= 0.6 is 0 Å². The third-order valence-corrected chi connectivity index (χ3v) is 6.48. The number of fused-ring (bicyclic) bond motifs is 2. The zero-order valence-corrected chi connectivity index (χ0v) is 18.9. The van der Waals surface area contributed by atoms with Gasteiger partial charge in [-0.25, -0.2) is 0 Å². The van der Waals surface area contributed by atoms with Gasteiger partial charge in [-0.05, 0) is 69.0 Å². The van der Waals surface area contributed by atoms with Gasteiger partial charge in [-0.2, -0.15) is 0 Å². The Bertz CT molecular complexity index is 917. The van der Waals surface area contributed by atoms with Crippen LogP contribution < -0.4 is 14.8 Å². The summed E-state index contributed by atoms with van der Waals surface area (Å²) in [6.07, 6.45) is 2.44. The normalized spacial score (nSPS) is 17.7. The van der Waals surface area contributed by atoms with Gasteiger partial charge in [0.2, 0.25) is 5.91 Å². The summed E-state index contributed by atoms with van der Waals surface area (Å²) in [5, 5.41) is 3.37. The lowest BCUT2D eigenvalue weighted by Crippen LogP contribution is -2.55. The highest BCUT2D eigenvalue weighted by Crippen LogP contribution is 2.46. The van der Waals surface area contributed by atoms with Crippen molar-refractivity contribution in [1.82, 2.24) is 4.90 Å². The topological polar surface area (TPSA) is 60.0 Å². The number of piperidine rings is 1. The van der Waals surface area contributed by atoms with Gasteiger partial charge in [-0.3, -0.25) is 4.79 Å². The molecule has 31 heavy (non-hydrogen) atoms. The molecule has 0 atom stereocenters. The van der Waals surface area contributed by atoms with Gasteiger partial charge in [0, 0.05) is 24.3 Å². The average molecular weight is 425 g/mol. The van der Waals surface area contributed by atoms with E-state index in [-0.39, 0.29) is 11.5 Å². The molecule has 2 aliphatic rings. The fourth-order valence-electron chi connectivity index (χ4n) is 4.85. The van der Waals surface area contributed by atoms with Gasteiger partial charge in [0.15, 0.2) is 0 Å². The van der Waals surface area contributed by atoms with Crippen LogP contribution in [0, 0.1) is 0 Å². The molecule has 166 valence electrons. The number of nitrogens with zero attached hydrogens (tertiary/aromatic N) is 1. The second-order valence-electron chi connectivity index (χ2n) is 8.86. The Morgan fingerprint density at radius 2 is 1.77 bits per heavy atom. The molecule has 1 saturated heterocycles. The van der Waals surface area contributed by atoms with Crippen molar-refractivity contribution in [2.24, 2.45) is 0 Å². The zero-order chi connectivity index (χ0) is 22.1. The van der Waals surface area contributed by atoms with Crippen molar-refractivity contribution >= 4 is 11.6 Å². The molecule has 1 amide bonds. The maximum atomic E-state index is 13.4. The lowest BCUT2D eigenvalue weighted by Gasteiger charge is -2.46. The molecule has 0 aromatic heterocycles. The first kappa shape index (κ1) is 21.5. The second kappa shape index (κ2) is 8.42. The van der Waals surface area contributed by atoms with Crippen molar-refractivity contribution in [3.05, 3.63) is 53.6 Å². The summed E-state index contributed by atoms with van der Waals surface area (Å²) >= 11 is 0. The van der Waals surface area contributed by atoms with Crippen LogP contribution in [-0.4, -0.2) is 50.3 Å². The van der Waals surface area contributed by atoms with E-state index in [1.807, 2.05) is 55.1 Å². The van der Waals surface area contributed by atoms with Gasteiger partial charge < -0.3 is 24.4 Å². The number of amides is 1. The first-order chi connectivity index (χ1) is 14.9. The molecule has 0 radical (unpaired) electrons. The Morgan fingerprint density at radius 3 is 2.42 bits per heavy atom. The molecule has 1 fully saturated rings. The minimum absolute atomic E-state index is 0.0919. The lowest BCUT2D eigenvalue weighted by atomic mass is 9.78. The molecule has 2 heterocycles.